The summed E-state index contributed by atoms with van der Waals surface area (Å²) in [6.45, 7) is 1.72. The minimum atomic E-state index is -0.361. The Bertz CT molecular complexity index is 958. The highest BCUT2D eigenvalue weighted by Crippen LogP contribution is 2.33. The van der Waals surface area contributed by atoms with Gasteiger partial charge in [-0.2, -0.15) is 0 Å². The topological polar surface area (TPSA) is 68.1 Å². The molecule has 0 amide bonds. The van der Waals surface area contributed by atoms with Crippen LogP contribution in [0.3, 0.4) is 0 Å². The summed E-state index contributed by atoms with van der Waals surface area (Å²) < 4.78 is 0. The number of fused-ring (bicyclic) bond motifs is 1. The summed E-state index contributed by atoms with van der Waals surface area (Å²) in [4.78, 5) is 15.3. The monoisotopic (exact) mass is 303 g/mol. The zero-order chi connectivity index (χ0) is 16.4. The minimum Gasteiger partial charge on any atom is -0.340 e. The quantitative estimate of drug-likeness (QED) is 0.448. The maximum absolute atomic E-state index is 11.3. The molecule has 1 N–H and O–H groups in total. The number of pyridine rings is 1. The first kappa shape index (κ1) is 14.5. The van der Waals surface area contributed by atoms with Crippen LogP contribution in [0.5, 0.6) is 0 Å². The summed E-state index contributed by atoms with van der Waals surface area (Å²) >= 11 is 0. The van der Waals surface area contributed by atoms with Crippen LogP contribution in [0.15, 0.2) is 48.7 Å². The number of nitro groups is 1. The molecule has 1 heterocycles. The Kier molecular flexibility index (Phi) is 3.65. The van der Waals surface area contributed by atoms with E-state index in [1.807, 2.05) is 30.3 Å². The van der Waals surface area contributed by atoms with Crippen LogP contribution in [-0.4, -0.2) is 9.91 Å². The molecule has 3 rings (SSSR count). The Morgan fingerprint density at radius 2 is 2.04 bits per heavy atom. The molecular weight excluding hydrogens is 290 g/mol. The summed E-state index contributed by atoms with van der Waals surface area (Å²) in [7, 11) is 0. The molecule has 0 bridgehead atoms. The highest BCUT2D eigenvalue weighted by Gasteiger charge is 2.17. The van der Waals surface area contributed by atoms with E-state index in [0.717, 1.165) is 11.3 Å². The van der Waals surface area contributed by atoms with Crippen LogP contribution in [-0.2, 0) is 0 Å². The van der Waals surface area contributed by atoms with E-state index in [0.29, 0.717) is 22.2 Å². The van der Waals surface area contributed by atoms with Crippen molar-refractivity contribution < 1.29 is 4.92 Å². The number of anilines is 2. The van der Waals surface area contributed by atoms with Gasteiger partial charge in [-0.1, -0.05) is 18.1 Å². The van der Waals surface area contributed by atoms with E-state index in [4.69, 9.17) is 6.42 Å². The fourth-order valence-corrected chi connectivity index (χ4v) is 2.51. The van der Waals surface area contributed by atoms with E-state index in [2.05, 4.69) is 16.2 Å². The number of hydrogen-bond donors (Lipinski definition) is 1. The molecule has 0 aliphatic heterocycles. The van der Waals surface area contributed by atoms with Crippen LogP contribution in [0, 0.1) is 29.4 Å². The predicted octanol–water partition coefficient (Wildman–Crippen LogP) is 4.18. The first-order valence-corrected chi connectivity index (χ1v) is 6.96. The molecule has 3 aromatic rings. The lowest BCUT2D eigenvalue weighted by molar-refractivity contribution is -0.383. The molecule has 112 valence electrons. The van der Waals surface area contributed by atoms with Crippen LogP contribution in [0.2, 0.25) is 0 Å². The molecule has 0 unspecified atom stereocenters. The molecule has 0 fully saturated rings. The van der Waals surface area contributed by atoms with Gasteiger partial charge in [0.15, 0.2) is 0 Å². The molecule has 0 saturated carbocycles. The SMILES string of the molecule is C#Cc1cccc(Nc2nccc3c([N+](=O)[O-])c(C)ccc23)c1. The molecule has 5 heteroatoms. The highest BCUT2D eigenvalue weighted by molar-refractivity contribution is 5.99. The van der Waals surface area contributed by atoms with E-state index < -0.39 is 0 Å². The Hall–Kier alpha value is -3.39. The number of aryl methyl sites for hydroxylation is 1. The third kappa shape index (κ3) is 2.70. The van der Waals surface area contributed by atoms with Crippen molar-refractivity contribution in [1.82, 2.24) is 4.98 Å². The van der Waals surface area contributed by atoms with Crippen LogP contribution >= 0.6 is 0 Å². The van der Waals surface area contributed by atoms with Gasteiger partial charge in [0.2, 0.25) is 0 Å². The van der Waals surface area contributed by atoms with Crippen molar-refractivity contribution in [3.05, 3.63) is 69.9 Å². The van der Waals surface area contributed by atoms with Gasteiger partial charge >= 0.3 is 0 Å². The fraction of sp³-hybridized carbons (Fsp3) is 0.0556. The van der Waals surface area contributed by atoms with Gasteiger partial charge in [-0.25, -0.2) is 4.98 Å². The predicted molar refractivity (Wildman–Crippen MR) is 90.8 cm³/mol. The van der Waals surface area contributed by atoms with Crippen molar-refractivity contribution in [2.24, 2.45) is 0 Å². The van der Waals surface area contributed by atoms with Crippen LogP contribution in [0.25, 0.3) is 10.8 Å². The zero-order valence-corrected chi connectivity index (χ0v) is 12.4. The van der Waals surface area contributed by atoms with Crippen molar-refractivity contribution in [1.29, 1.82) is 0 Å². The zero-order valence-electron chi connectivity index (χ0n) is 12.4. The number of hydrogen-bond acceptors (Lipinski definition) is 4. The minimum absolute atomic E-state index is 0.102. The van der Waals surface area contributed by atoms with Crippen molar-refractivity contribution >= 4 is 28.0 Å². The third-order valence-electron chi connectivity index (χ3n) is 3.59. The van der Waals surface area contributed by atoms with Crippen molar-refractivity contribution in [3.63, 3.8) is 0 Å². The summed E-state index contributed by atoms with van der Waals surface area (Å²) in [6, 6.07) is 12.6. The molecule has 0 aliphatic carbocycles. The summed E-state index contributed by atoms with van der Waals surface area (Å²) in [5.41, 5.74) is 2.25. The van der Waals surface area contributed by atoms with E-state index in [-0.39, 0.29) is 10.6 Å². The lowest BCUT2D eigenvalue weighted by Gasteiger charge is -2.10. The normalized spacial score (nSPS) is 10.3. The van der Waals surface area contributed by atoms with Gasteiger partial charge < -0.3 is 5.32 Å². The summed E-state index contributed by atoms with van der Waals surface area (Å²) in [5.74, 6) is 3.13. The maximum Gasteiger partial charge on any atom is 0.280 e. The van der Waals surface area contributed by atoms with Crippen LogP contribution in [0.4, 0.5) is 17.2 Å². The molecular formula is C18H13N3O2. The van der Waals surface area contributed by atoms with Crippen LogP contribution < -0.4 is 5.32 Å². The molecule has 2 aromatic carbocycles. The largest absolute Gasteiger partial charge is 0.340 e. The number of nitro benzene ring substituents is 1. The molecule has 1 aromatic heterocycles. The first-order valence-electron chi connectivity index (χ1n) is 6.96. The van der Waals surface area contributed by atoms with Gasteiger partial charge in [-0.05, 0) is 37.3 Å². The number of benzene rings is 2. The lowest BCUT2D eigenvalue weighted by Crippen LogP contribution is -1.98. The van der Waals surface area contributed by atoms with Gasteiger partial charge in [0, 0.05) is 28.4 Å². The van der Waals surface area contributed by atoms with Crippen molar-refractivity contribution in [3.8, 4) is 12.3 Å². The standard InChI is InChI=1S/C18H13N3O2/c1-3-13-5-4-6-14(11-13)20-18-16-8-7-12(2)17(21(22)23)15(16)9-10-19-18/h1,4-11H,2H3,(H,19,20). The Labute approximate surface area is 133 Å². The van der Waals surface area contributed by atoms with E-state index in [1.54, 1.807) is 25.3 Å². The van der Waals surface area contributed by atoms with Gasteiger partial charge in [0.05, 0.1) is 10.3 Å². The van der Waals surface area contributed by atoms with E-state index >= 15 is 0 Å². The molecule has 0 radical (unpaired) electrons. The Morgan fingerprint density at radius 3 is 2.78 bits per heavy atom. The maximum atomic E-state index is 11.3. The van der Waals surface area contributed by atoms with E-state index in [9.17, 15) is 10.1 Å². The number of aromatic nitrogens is 1. The second kappa shape index (κ2) is 5.78. The van der Waals surface area contributed by atoms with Gasteiger partial charge in [0.1, 0.15) is 5.82 Å². The van der Waals surface area contributed by atoms with Gasteiger partial charge in [-0.15, -0.1) is 6.42 Å². The van der Waals surface area contributed by atoms with E-state index in [1.165, 1.54) is 0 Å². The molecule has 0 atom stereocenters. The van der Waals surface area contributed by atoms with Crippen molar-refractivity contribution in [2.75, 3.05) is 5.32 Å². The van der Waals surface area contributed by atoms with Crippen molar-refractivity contribution in [2.45, 2.75) is 6.92 Å². The number of nitrogens with zero attached hydrogens (tertiary/aromatic N) is 2. The summed E-state index contributed by atoms with van der Waals surface area (Å²) in [6.07, 6.45) is 6.96. The smallest absolute Gasteiger partial charge is 0.280 e. The number of nitrogens with one attached hydrogen (secondary N) is 1. The number of rotatable bonds is 3. The second-order valence-electron chi connectivity index (χ2n) is 5.09. The third-order valence-corrected chi connectivity index (χ3v) is 3.59. The summed E-state index contributed by atoms with van der Waals surface area (Å²) in [5, 5.41) is 15.8. The Morgan fingerprint density at radius 1 is 1.22 bits per heavy atom. The van der Waals surface area contributed by atoms with Gasteiger partial charge in [-0.3, -0.25) is 10.1 Å². The van der Waals surface area contributed by atoms with Crippen LogP contribution in [0.1, 0.15) is 11.1 Å². The second-order valence-corrected chi connectivity index (χ2v) is 5.09. The lowest BCUT2D eigenvalue weighted by atomic mass is 10.1. The highest BCUT2D eigenvalue weighted by atomic mass is 16.6. The average molecular weight is 303 g/mol. The average Bonchev–Trinajstić information content (AvgIpc) is 2.54. The molecule has 0 spiro atoms. The fourth-order valence-electron chi connectivity index (χ4n) is 2.51. The first-order chi connectivity index (χ1) is 11.1. The van der Waals surface area contributed by atoms with Gasteiger partial charge in [0.25, 0.3) is 5.69 Å². The molecule has 0 aliphatic rings. The molecule has 0 saturated heterocycles. The molecule has 23 heavy (non-hydrogen) atoms. The number of terminal acetylenes is 1. The Balaban J connectivity index is 2.14. The molecule has 5 nitrogen and oxygen atoms in total.